The van der Waals surface area contributed by atoms with Gasteiger partial charge in [0.2, 0.25) is 10.0 Å². The highest BCUT2D eigenvalue weighted by molar-refractivity contribution is 7.88. The summed E-state index contributed by atoms with van der Waals surface area (Å²) in [6.07, 6.45) is 8.79. The Hall–Kier alpha value is -1.95. The van der Waals surface area contributed by atoms with Crippen molar-refractivity contribution in [1.29, 1.82) is 0 Å². The number of amides is 1. The van der Waals surface area contributed by atoms with Crippen LogP contribution in [0.25, 0.3) is 11.0 Å². The molecule has 1 aliphatic carbocycles. The highest BCUT2D eigenvalue weighted by Gasteiger charge is 2.36. The second kappa shape index (κ2) is 10.8. The van der Waals surface area contributed by atoms with Crippen LogP contribution < -0.4 is 9.62 Å². The summed E-state index contributed by atoms with van der Waals surface area (Å²) >= 11 is 0. The van der Waals surface area contributed by atoms with Gasteiger partial charge in [0.15, 0.2) is 0 Å². The lowest BCUT2D eigenvalue weighted by Gasteiger charge is -2.44. The van der Waals surface area contributed by atoms with Crippen LogP contribution in [0.15, 0.2) is 18.5 Å². The zero-order chi connectivity index (χ0) is 26.1. The van der Waals surface area contributed by atoms with Gasteiger partial charge >= 0.3 is 0 Å². The van der Waals surface area contributed by atoms with Crippen molar-refractivity contribution in [3.63, 3.8) is 0 Å². The van der Waals surface area contributed by atoms with Gasteiger partial charge in [0.1, 0.15) is 12.4 Å². The van der Waals surface area contributed by atoms with Crippen molar-refractivity contribution in [3.8, 4) is 0 Å². The summed E-state index contributed by atoms with van der Waals surface area (Å²) in [6, 6.07) is 3.47. The Labute approximate surface area is 216 Å². The number of hydrogen-bond acceptors (Lipinski definition) is 6. The van der Waals surface area contributed by atoms with Gasteiger partial charge in [0.25, 0.3) is 5.91 Å². The van der Waals surface area contributed by atoms with Crippen LogP contribution in [0.1, 0.15) is 43.0 Å². The first-order valence-corrected chi connectivity index (χ1v) is 18.6. The minimum atomic E-state index is -3.17. The van der Waals surface area contributed by atoms with E-state index in [0.717, 1.165) is 55.1 Å². The third-order valence-electron chi connectivity index (χ3n) is 7.39. The van der Waals surface area contributed by atoms with Gasteiger partial charge in [-0.1, -0.05) is 19.6 Å². The summed E-state index contributed by atoms with van der Waals surface area (Å²) in [6.45, 7) is 11.9. The van der Waals surface area contributed by atoms with Crippen molar-refractivity contribution in [2.75, 3.05) is 37.5 Å². The highest BCUT2D eigenvalue weighted by Crippen LogP contribution is 2.39. The number of fused-ring (bicyclic) bond motifs is 3. The van der Waals surface area contributed by atoms with E-state index in [2.05, 4.69) is 35.3 Å². The lowest BCUT2D eigenvalue weighted by molar-refractivity contribution is 0.0741. The lowest BCUT2D eigenvalue weighted by Crippen LogP contribution is -2.52. The van der Waals surface area contributed by atoms with E-state index in [1.165, 1.54) is 6.26 Å². The normalized spacial score (nSPS) is 21.3. The van der Waals surface area contributed by atoms with E-state index >= 15 is 0 Å². The zero-order valence-electron chi connectivity index (χ0n) is 22.3. The van der Waals surface area contributed by atoms with Crippen LogP contribution in [0.5, 0.6) is 0 Å². The molecule has 3 heterocycles. The number of carbonyl (C=O) groups excluding carboxylic acids is 1. The molecule has 1 saturated carbocycles. The summed E-state index contributed by atoms with van der Waals surface area (Å²) in [5.74, 6) is 0.374. The Kier molecular flexibility index (Phi) is 8.13. The number of nitrogens with zero attached hydrogens (tertiary/aromatic N) is 4. The molecule has 11 heteroatoms. The first kappa shape index (κ1) is 27.1. The monoisotopic (exact) mass is 535 g/mol. The van der Waals surface area contributed by atoms with Crippen LogP contribution in [-0.2, 0) is 21.5 Å². The van der Waals surface area contributed by atoms with Crippen molar-refractivity contribution >= 4 is 40.7 Å². The van der Waals surface area contributed by atoms with Crippen molar-refractivity contribution in [2.45, 2.75) is 71.1 Å². The van der Waals surface area contributed by atoms with Crippen LogP contribution in [0.4, 0.5) is 5.69 Å². The van der Waals surface area contributed by atoms with Gasteiger partial charge in [-0.25, -0.2) is 18.1 Å². The van der Waals surface area contributed by atoms with E-state index in [0.29, 0.717) is 44.0 Å². The van der Waals surface area contributed by atoms with E-state index < -0.39 is 18.1 Å². The Morgan fingerprint density at radius 3 is 2.56 bits per heavy atom. The maximum absolute atomic E-state index is 13.2. The fourth-order valence-corrected chi connectivity index (χ4v) is 6.49. The number of pyridine rings is 1. The predicted octanol–water partition coefficient (Wildman–Crippen LogP) is 3.70. The number of hydrogen-bond donors (Lipinski definition) is 1. The molecular weight excluding hydrogens is 494 g/mol. The van der Waals surface area contributed by atoms with Crippen molar-refractivity contribution in [2.24, 2.45) is 5.92 Å². The van der Waals surface area contributed by atoms with Gasteiger partial charge in [0, 0.05) is 51.6 Å². The van der Waals surface area contributed by atoms with E-state index in [4.69, 9.17) is 9.72 Å². The molecule has 0 unspecified atom stereocenters. The Morgan fingerprint density at radius 2 is 1.92 bits per heavy atom. The largest absolute Gasteiger partial charge is 0.361 e. The predicted molar refractivity (Wildman–Crippen MR) is 146 cm³/mol. The first-order valence-electron chi connectivity index (χ1n) is 13.0. The number of nitrogens with one attached hydrogen (secondary N) is 1. The average Bonchev–Trinajstić information content (AvgIpc) is 3.23. The number of aromatic nitrogens is 2. The second-order valence-electron chi connectivity index (χ2n) is 11.5. The van der Waals surface area contributed by atoms with E-state index in [1.807, 2.05) is 22.6 Å². The van der Waals surface area contributed by atoms with Gasteiger partial charge in [-0.3, -0.25) is 4.79 Å². The molecule has 1 amide bonds. The molecule has 1 N–H and O–H groups in total. The zero-order valence-corrected chi connectivity index (χ0v) is 24.1. The highest BCUT2D eigenvalue weighted by atomic mass is 32.2. The molecule has 2 aromatic heterocycles. The number of rotatable bonds is 10. The Morgan fingerprint density at radius 1 is 1.19 bits per heavy atom. The molecule has 9 nitrogen and oxygen atoms in total. The number of anilines is 1. The quantitative estimate of drug-likeness (QED) is 0.368. The molecular formula is C25H41N5O4SSi. The molecule has 4 rings (SSSR count). The minimum absolute atomic E-state index is 0.0309. The standard InChI is InChI=1S/C25H41N5O4SSi/c1-6-28-17-30(20-9-7-19(8-10-20)15-27-35(2,32)33)23-21-11-12-29(18-34-13-14-36(3,4)5)24(21)26-16-22(23)25(28)31/h11-12,16,19-20,27H,6-10,13-15,17-18H2,1-5H3/t19-,20-. The summed E-state index contributed by atoms with van der Waals surface area (Å²) in [7, 11) is -4.33. The molecule has 0 atom stereocenters. The van der Waals surface area contributed by atoms with Gasteiger partial charge in [-0.2, -0.15) is 0 Å². The molecule has 0 aromatic carbocycles. The van der Waals surface area contributed by atoms with Gasteiger partial charge in [0.05, 0.1) is 24.2 Å². The third-order valence-corrected chi connectivity index (χ3v) is 9.78. The summed E-state index contributed by atoms with van der Waals surface area (Å²) in [5, 5.41) is 0.992. The molecule has 2 aromatic rings. The second-order valence-corrected chi connectivity index (χ2v) is 18.9. The van der Waals surface area contributed by atoms with E-state index in [1.54, 1.807) is 6.20 Å². The van der Waals surface area contributed by atoms with Crippen LogP contribution in [-0.4, -0.2) is 75.5 Å². The number of ether oxygens (including phenoxy) is 1. The molecule has 36 heavy (non-hydrogen) atoms. The van der Waals surface area contributed by atoms with Crippen molar-refractivity contribution in [3.05, 3.63) is 24.0 Å². The molecule has 200 valence electrons. The first-order chi connectivity index (χ1) is 17.0. The number of carbonyl (C=O) groups is 1. The van der Waals surface area contributed by atoms with Crippen molar-refractivity contribution in [1.82, 2.24) is 19.2 Å². The smallest absolute Gasteiger partial charge is 0.258 e. The van der Waals surface area contributed by atoms with E-state index in [9.17, 15) is 13.2 Å². The van der Waals surface area contributed by atoms with Gasteiger partial charge in [-0.15, -0.1) is 0 Å². The van der Waals surface area contributed by atoms with Gasteiger partial charge in [-0.05, 0) is 50.6 Å². The molecule has 0 saturated heterocycles. The topological polar surface area (TPSA) is 96.8 Å². The van der Waals surface area contributed by atoms with Crippen LogP contribution in [0, 0.1) is 5.92 Å². The van der Waals surface area contributed by atoms with Crippen molar-refractivity contribution < 1.29 is 17.9 Å². The molecule has 1 fully saturated rings. The summed E-state index contributed by atoms with van der Waals surface area (Å²) in [5.41, 5.74) is 2.48. The maximum Gasteiger partial charge on any atom is 0.258 e. The molecule has 1 aliphatic heterocycles. The van der Waals surface area contributed by atoms with Gasteiger partial charge < -0.3 is 19.1 Å². The molecule has 0 bridgehead atoms. The fourth-order valence-electron chi connectivity index (χ4n) is 5.20. The van der Waals surface area contributed by atoms with Crippen LogP contribution >= 0.6 is 0 Å². The third kappa shape index (κ3) is 6.30. The van der Waals surface area contributed by atoms with Crippen LogP contribution in [0.2, 0.25) is 25.7 Å². The minimum Gasteiger partial charge on any atom is -0.361 e. The molecule has 0 spiro atoms. The summed E-state index contributed by atoms with van der Waals surface area (Å²) in [4.78, 5) is 22.2. The number of sulfonamides is 1. The lowest BCUT2D eigenvalue weighted by atomic mass is 9.85. The summed E-state index contributed by atoms with van der Waals surface area (Å²) < 4.78 is 33.7. The fraction of sp³-hybridized carbons (Fsp3) is 0.680. The Bertz CT molecular complexity index is 1190. The molecule has 2 aliphatic rings. The Balaban J connectivity index is 1.55. The SMILES string of the molecule is CCN1CN([C@H]2CC[C@H](CNS(C)(=O)=O)CC2)c2c(cnc3c2ccn3COCC[Si](C)(C)C)C1=O. The van der Waals surface area contributed by atoms with E-state index in [-0.39, 0.29) is 5.91 Å². The maximum atomic E-state index is 13.2. The van der Waals surface area contributed by atoms with Crippen LogP contribution in [0.3, 0.4) is 0 Å². The molecule has 0 radical (unpaired) electrons. The average molecular weight is 536 g/mol.